The number of amides is 2. The molecule has 5 nitrogen and oxygen atoms in total. The molecule has 1 saturated heterocycles. The molecule has 1 aliphatic rings. The van der Waals surface area contributed by atoms with E-state index >= 15 is 0 Å². The predicted octanol–water partition coefficient (Wildman–Crippen LogP) is 1.37. The van der Waals surface area contributed by atoms with Crippen molar-refractivity contribution in [3.8, 4) is 5.75 Å². The van der Waals surface area contributed by atoms with Crippen molar-refractivity contribution >= 4 is 6.03 Å². The summed E-state index contributed by atoms with van der Waals surface area (Å²) in [6.45, 7) is 5.21. The molecular weight excluding hydrogens is 242 g/mol. The van der Waals surface area contributed by atoms with Crippen LogP contribution in [0.25, 0.3) is 0 Å². The first-order valence-corrected chi connectivity index (χ1v) is 6.61. The molecular formula is C14H21N3O2. The highest BCUT2D eigenvalue weighted by Gasteiger charge is 2.18. The number of carbonyl (C=O) groups excluding carboxylic acids is 1. The van der Waals surface area contributed by atoms with Crippen molar-refractivity contribution in [2.75, 3.05) is 33.3 Å². The van der Waals surface area contributed by atoms with Gasteiger partial charge in [0, 0.05) is 32.2 Å². The van der Waals surface area contributed by atoms with E-state index in [1.807, 2.05) is 17.0 Å². The van der Waals surface area contributed by atoms with Crippen molar-refractivity contribution in [2.45, 2.75) is 13.0 Å². The van der Waals surface area contributed by atoms with Gasteiger partial charge in [0.15, 0.2) is 0 Å². The smallest absolute Gasteiger partial charge is 0.317 e. The van der Waals surface area contributed by atoms with Crippen LogP contribution in [0.5, 0.6) is 5.75 Å². The molecule has 2 rings (SSSR count). The largest absolute Gasteiger partial charge is 0.497 e. The van der Waals surface area contributed by atoms with E-state index in [1.54, 1.807) is 7.11 Å². The maximum absolute atomic E-state index is 11.4. The summed E-state index contributed by atoms with van der Waals surface area (Å²) in [5, 5.41) is 6.22. The van der Waals surface area contributed by atoms with Crippen molar-refractivity contribution in [2.24, 2.45) is 0 Å². The monoisotopic (exact) mass is 263 g/mol. The Morgan fingerprint density at radius 2 is 2.16 bits per heavy atom. The van der Waals surface area contributed by atoms with Crippen LogP contribution in [0, 0.1) is 0 Å². The Labute approximate surface area is 113 Å². The fraction of sp³-hybridized carbons (Fsp3) is 0.500. The molecule has 1 fully saturated rings. The molecule has 5 heteroatoms. The zero-order valence-corrected chi connectivity index (χ0v) is 11.5. The van der Waals surface area contributed by atoms with Crippen LogP contribution in [0.3, 0.4) is 0 Å². The predicted molar refractivity (Wildman–Crippen MR) is 74.4 cm³/mol. The number of methoxy groups -OCH3 is 1. The molecule has 0 radical (unpaired) electrons. The molecule has 1 atom stereocenters. The summed E-state index contributed by atoms with van der Waals surface area (Å²) in [5.41, 5.74) is 1.21. The zero-order valence-electron chi connectivity index (χ0n) is 11.5. The van der Waals surface area contributed by atoms with Crippen LogP contribution in [0.2, 0.25) is 0 Å². The molecule has 1 aromatic rings. The molecule has 1 aliphatic heterocycles. The molecule has 2 amide bonds. The first-order chi connectivity index (χ1) is 9.20. The van der Waals surface area contributed by atoms with Crippen LogP contribution in [-0.2, 0) is 0 Å². The fourth-order valence-corrected chi connectivity index (χ4v) is 2.15. The quantitative estimate of drug-likeness (QED) is 0.815. The highest BCUT2D eigenvalue weighted by molar-refractivity contribution is 5.76. The Balaban J connectivity index is 1.77. The van der Waals surface area contributed by atoms with Crippen molar-refractivity contribution in [1.29, 1.82) is 0 Å². The molecule has 0 saturated carbocycles. The molecule has 104 valence electrons. The Bertz CT molecular complexity index is 419. The average molecular weight is 263 g/mol. The summed E-state index contributed by atoms with van der Waals surface area (Å²) < 4.78 is 5.14. The lowest BCUT2D eigenvalue weighted by molar-refractivity contribution is 0.217. The summed E-state index contributed by atoms with van der Waals surface area (Å²) >= 11 is 0. The molecule has 0 aliphatic carbocycles. The van der Waals surface area contributed by atoms with Crippen LogP contribution < -0.4 is 15.4 Å². The van der Waals surface area contributed by atoms with Gasteiger partial charge in [-0.1, -0.05) is 12.1 Å². The highest BCUT2D eigenvalue weighted by atomic mass is 16.5. The highest BCUT2D eigenvalue weighted by Crippen LogP contribution is 2.16. The van der Waals surface area contributed by atoms with Crippen LogP contribution in [0.1, 0.15) is 18.5 Å². The second-order valence-corrected chi connectivity index (χ2v) is 4.67. The van der Waals surface area contributed by atoms with E-state index in [-0.39, 0.29) is 12.1 Å². The third kappa shape index (κ3) is 3.61. The Morgan fingerprint density at radius 1 is 1.42 bits per heavy atom. The number of benzene rings is 1. The normalized spacial score (nSPS) is 16.3. The van der Waals surface area contributed by atoms with E-state index in [0.717, 1.165) is 31.9 Å². The lowest BCUT2D eigenvalue weighted by Gasteiger charge is -2.18. The lowest BCUT2D eigenvalue weighted by Crippen LogP contribution is -2.35. The van der Waals surface area contributed by atoms with Gasteiger partial charge in [0.1, 0.15) is 5.75 Å². The van der Waals surface area contributed by atoms with E-state index in [9.17, 15) is 4.79 Å². The lowest BCUT2D eigenvalue weighted by atomic mass is 10.1. The van der Waals surface area contributed by atoms with Crippen molar-refractivity contribution in [3.05, 3.63) is 29.8 Å². The van der Waals surface area contributed by atoms with Gasteiger partial charge in [-0.25, -0.2) is 4.79 Å². The van der Waals surface area contributed by atoms with Crippen LogP contribution in [0.4, 0.5) is 4.79 Å². The van der Waals surface area contributed by atoms with Crippen molar-refractivity contribution in [3.63, 3.8) is 0 Å². The molecule has 19 heavy (non-hydrogen) atoms. The van der Waals surface area contributed by atoms with Crippen molar-refractivity contribution in [1.82, 2.24) is 15.5 Å². The summed E-state index contributed by atoms with van der Waals surface area (Å²) in [7, 11) is 1.66. The third-order valence-corrected chi connectivity index (χ3v) is 3.39. The molecule has 0 bridgehead atoms. The Hall–Kier alpha value is -1.75. The maximum Gasteiger partial charge on any atom is 0.317 e. The topological polar surface area (TPSA) is 53.6 Å². The second kappa shape index (κ2) is 6.43. The molecule has 0 aromatic heterocycles. The first kappa shape index (κ1) is 13.7. The van der Waals surface area contributed by atoms with Gasteiger partial charge in [0.05, 0.1) is 7.11 Å². The number of nitrogens with one attached hydrogen (secondary N) is 2. The number of hydrogen-bond donors (Lipinski definition) is 2. The maximum atomic E-state index is 11.4. The molecule has 1 aromatic carbocycles. The number of ether oxygens (including phenoxy) is 1. The molecule has 0 spiro atoms. The van der Waals surface area contributed by atoms with Gasteiger partial charge in [-0.2, -0.15) is 0 Å². The van der Waals surface area contributed by atoms with Gasteiger partial charge in [-0.3, -0.25) is 0 Å². The Kier molecular flexibility index (Phi) is 4.63. The number of rotatable bonds is 6. The van der Waals surface area contributed by atoms with E-state index < -0.39 is 0 Å². The minimum absolute atomic E-state index is 0.0406. The van der Waals surface area contributed by atoms with Gasteiger partial charge in [-0.05, 0) is 24.6 Å². The minimum atomic E-state index is 0.0406. The van der Waals surface area contributed by atoms with Crippen LogP contribution in [-0.4, -0.2) is 44.2 Å². The molecule has 1 heterocycles. The number of carbonyl (C=O) groups is 1. The third-order valence-electron chi connectivity index (χ3n) is 3.39. The van der Waals surface area contributed by atoms with E-state index in [0.29, 0.717) is 0 Å². The number of nitrogens with zero attached hydrogens (tertiary/aromatic N) is 1. The minimum Gasteiger partial charge on any atom is -0.497 e. The summed E-state index contributed by atoms with van der Waals surface area (Å²) in [5.74, 6) is 0.865. The van der Waals surface area contributed by atoms with Gasteiger partial charge >= 0.3 is 6.03 Å². The van der Waals surface area contributed by atoms with E-state index in [2.05, 4.69) is 29.7 Å². The van der Waals surface area contributed by atoms with Crippen LogP contribution >= 0.6 is 0 Å². The number of hydrogen-bond acceptors (Lipinski definition) is 3. The van der Waals surface area contributed by atoms with E-state index in [1.165, 1.54) is 5.56 Å². The zero-order chi connectivity index (χ0) is 13.7. The summed E-state index contributed by atoms with van der Waals surface area (Å²) in [6, 6.07) is 8.33. The standard InChI is InChI=1S/C14H21N3O2/c1-11(12-3-5-13(19-2)6-4-12)15-7-9-17-10-8-16-14(17)18/h3-6,11,15H,7-10H2,1-2H3,(H,16,18). The fourth-order valence-electron chi connectivity index (χ4n) is 2.15. The number of urea groups is 1. The summed E-state index contributed by atoms with van der Waals surface area (Å²) in [4.78, 5) is 13.2. The van der Waals surface area contributed by atoms with Gasteiger partial charge < -0.3 is 20.3 Å². The Morgan fingerprint density at radius 3 is 2.74 bits per heavy atom. The molecule has 2 N–H and O–H groups in total. The van der Waals surface area contributed by atoms with Gasteiger partial charge in [-0.15, -0.1) is 0 Å². The van der Waals surface area contributed by atoms with Gasteiger partial charge in [0.25, 0.3) is 0 Å². The van der Waals surface area contributed by atoms with Gasteiger partial charge in [0.2, 0.25) is 0 Å². The van der Waals surface area contributed by atoms with Crippen molar-refractivity contribution < 1.29 is 9.53 Å². The summed E-state index contributed by atoms with van der Waals surface area (Å²) in [6.07, 6.45) is 0. The second-order valence-electron chi connectivity index (χ2n) is 4.67. The SMILES string of the molecule is COc1ccc(C(C)NCCN2CCNC2=O)cc1. The van der Waals surface area contributed by atoms with Crippen LogP contribution in [0.15, 0.2) is 24.3 Å². The average Bonchev–Trinajstić information content (AvgIpc) is 2.84. The van der Waals surface area contributed by atoms with E-state index in [4.69, 9.17) is 4.74 Å². The molecule has 1 unspecified atom stereocenters. The first-order valence-electron chi connectivity index (χ1n) is 6.61.